The van der Waals surface area contributed by atoms with E-state index in [0.717, 1.165) is 16.2 Å². The zero-order chi connectivity index (χ0) is 18.2. The Balaban J connectivity index is 1.90. The normalized spacial score (nSPS) is 19.0. The number of aryl methyl sites for hydroxylation is 1. The molecule has 6 nitrogen and oxygen atoms in total. The number of nitrogens with two attached hydrogens (primary N) is 1. The van der Waals surface area contributed by atoms with Crippen LogP contribution in [0.2, 0.25) is 0 Å². The quantitative estimate of drug-likeness (QED) is 0.715. The summed E-state index contributed by atoms with van der Waals surface area (Å²) in [6.07, 6.45) is 0.723. The molecule has 1 aromatic carbocycles. The molecule has 8 heteroatoms. The van der Waals surface area contributed by atoms with E-state index < -0.39 is 22.5 Å². The molecular formula is C17H17N3O3S2. The minimum Gasteiger partial charge on any atom is -0.366 e. The highest BCUT2D eigenvalue weighted by Gasteiger charge is 2.46. The minimum atomic E-state index is -1.35. The molecule has 0 fully saturated rings. The van der Waals surface area contributed by atoms with Gasteiger partial charge in [-0.1, -0.05) is 30.8 Å². The molecule has 1 aliphatic heterocycles. The molecule has 25 heavy (non-hydrogen) atoms. The molecule has 130 valence electrons. The number of nitrogens with one attached hydrogen (secondary N) is 2. The van der Waals surface area contributed by atoms with Crippen LogP contribution in [0.3, 0.4) is 0 Å². The Morgan fingerprint density at radius 3 is 2.72 bits per heavy atom. The first kappa shape index (κ1) is 17.5. The first-order valence-electron chi connectivity index (χ1n) is 7.68. The first-order chi connectivity index (χ1) is 11.8. The lowest BCUT2D eigenvalue weighted by Gasteiger charge is -2.31. The molecule has 0 spiro atoms. The van der Waals surface area contributed by atoms with Crippen LogP contribution in [-0.4, -0.2) is 22.5 Å². The fourth-order valence-electron chi connectivity index (χ4n) is 2.43. The molecule has 3 rings (SSSR count). The first-order valence-corrected chi connectivity index (χ1v) is 9.32. The van der Waals surface area contributed by atoms with Gasteiger partial charge in [0, 0.05) is 9.77 Å². The number of primary amides is 1. The van der Waals surface area contributed by atoms with Crippen molar-refractivity contribution < 1.29 is 14.4 Å². The van der Waals surface area contributed by atoms with Crippen LogP contribution in [0.25, 0.3) is 0 Å². The molecule has 1 unspecified atom stereocenters. The number of benzene rings is 1. The molecule has 1 aromatic heterocycles. The smallest absolute Gasteiger partial charge is 0.251 e. The summed E-state index contributed by atoms with van der Waals surface area (Å²) in [6, 6.07) is 8.98. The second kappa shape index (κ2) is 6.53. The standard InChI is InChI=1S/C17H17N3O3S2/c1-3-9-8-10(13(18)21)14(24-9)20-16(23)17(2)15(22)19-11-6-4-5-7-12(11)25-17/h4-8H,3H2,1-2H3,(H2,18,21)(H,19,22)(H,20,23). The van der Waals surface area contributed by atoms with Crippen molar-refractivity contribution in [3.8, 4) is 0 Å². The highest BCUT2D eigenvalue weighted by atomic mass is 32.2. The number of para-hydroxylation sites is 1. The second-order valence-corrected chi connectivity index (χ2v) is 8.31. The van der Waals surface area contributed by atoms with E-state index in [1.54, 1.807) is 19.1 Å². The van der Waals surface area contributed by atoms with Crippen molar-refractivity contribution in [2.24, 2.45) is 5.73 Å². The summed E-state index contributed by atoms with van der Waals surface area (Å²) in [5.74, 6) is -1.50. The van der Waals surface area contributed by atoms with Gasteiger partial charge in [0.15, 0.2) is 4.75 Å². The van der Waals surface area contributed by atoms with Crippen LogP contribution in [0, 0.1) is 0 Å². The zero-order valence-corrected chi connectivity index (χ0v) is 15.3. The van der Waals surface area contributed by atoms with Crippen molar-refractivity contribution >= 4 is 51.5 Å². The molecule has 0 saturated carbocycles. The van der Waals surface area contributed by atoms with Gasteiger partial charge in [0.25, 0.3) is 11.8 Å². The summed E-state index contributed by atoms with van der Waals surface area (Å²) in [7, 11) is 0. The lowest BCUT2D eigenvalue weighted by molar-refractivity contribution is -0.126. The summed E-state index contributed by atoms with van der Waals surface area (Å²) in [6.45, 7) is 3.52. The van der Waals surface area contributed by atoms with E-state index >= 15 is 0 Å². The number of amides is 3. The highest BCUT2D eigenvalue weighted by Crippen LogP contribution is 2.43. The average molecular weight is 375 g/mol. The van der Waals surface area contributed by atoms with Gasteiger partial charge in [0.1, 0.15) is 5.00 Å². The van der Waals surface area contributed by atoms with E-state index in [1.165, 1.54) is 23.1 Å². The number of anilines is 2. The fraction of sp³-hybridized carbons (Fsp3) is 0.235. The van der Waals surface area contributed by atoms with E-state index in [0.29, 0.717) is 10.7 Å². The predicted molar refractivity (Wildman–Crippen MR) is 100 cm³/mol. The third-order valence-electron chi connectivity index (χ3n) is 3.94. The maximum Gasteiger partial charge on any atom is 0.251 e. The van der Waals surface area contributed by atoms with E-state index in [1.807, 2.05) is 25.1 Å². The molecule has 2 aromatic rings. The van der Waals surface area contributed by atoms with Crippen molar-refractivity contribution in [3.63, 3.8) is 0 Å². The van der Waals surface area contributed by atoms with Crippen molar-refractivity contribution in [2.75, 3.05) is 10.6 Å². The number of thioether (sulfide) groups is 1. The number of hydrogen-bond donors (Lipinski definition) is 3. The van der Waals surface area contributed by atoms with E-state index in [4.69, 9.17) is 5.73 Å². The van der Waals surface area contributed by atoms with Crippen LogP contribution in [0.4, 0.5) is 10.7 Å². The third kappa shape index (κ3) is 3.14. The number of carbonyl (C=O) groups is 3. The van der Waals surface area contributed by atoms with Gasteiger partial charge < -0.3 is 16.4 Å². The molecule has 4 N–H and O–H groups in total. The van der Waals surface area contributed by atoms with Crippen LogP contribution >= 0.6 is 23.1 Å². The Kier molecular flexibility index (Phi) is 4.57. The third-order valence-corrected chi connectivity index (χ3v) is 6.49. The monoisotopic (exact) mass is 375 g/mol. The van der Waals surface area contributed by atoms with Crippen LogP contribution in [0.1, 0.15) is 29.1 Å². The Morgan fingerprint density at radius 2 is 2.04 bits per heavy atom. The topological polar surface area (TPSA) is 101 Å². The Morgan fingerprint density at radius 1 is 1.32 bits per heavy atom. The van der Waals surface area contributed by atoms with Gasteiger partial charge in [-0.05, 0) is 31.5 Å². The zero-order valence-electron chi connectivity index (χ0n) is 13.7. The van der Waals surface area contributed by atoms with Gasteiger partial charge in [-0.25, -0.2) is 0 Å². The predicted octanol–water partition coefficient (Wildman–Crippen LogP) is 2.85. The molecular weight excluding hydrogens is 358 g/mol. The lowest BCUT2D eigenvalue weighted by Crippen LogP contribution is -2.49. The van der Waals surface area contributed by atoms with Gasteiger partial charge in [-0.15, -0.1) is 11.3 Å². The molecule has 0 radical (unpaired) electrons. The van der Waals surface area contributed by atoms with Gasteiger partial charge in [-0.3, -0.25) is 14.4 Å². The lowest BCUT2D eigenvalue weighted by atomic mass is 10.1. The maximum absolute atomic E-state index is 12.8. The SMILES string of the molecule is CCc1cc(C(N)=O)c(NC(=O)C2(C)Sc3ccccc3NC2=O)s1. The Labute approximate surface area is 153 Å². The molecule has 0 aliphatic carbocycles. The molecule has 1 aliphatic rings. The fourth-order valence-corrected chi connectivity index (χ4v) is 4.53. The van der Waals surface area contributed by atoms with Crippen molar-refractivity contribution in [1.82, 2.24) is 0 Å². The summed E-state index contributed by atoms with van der Waals surface area (Å²) in [4.78, 5) is 38.7. The van der Waals surface area contributed by atoms with Crippen molar-refractivity contribution in [1.29, 1.82) is 0 Å². The van der Waals surface area contributed by atoms with Gasteiger partial charge in [0.05, 0.1) is 11.3 Å². The number of carbonyl (C=O) groups excluding carboxylic acids is 3. The molecule has 2 heterocycles. The maximum atomic E-state index is 12.8. The highest BCUT2D eigenvalue weighted by molar-refractivity contribution is 8.02. The number of rotatable bonds is 4. The van der Waals surface area contributed by atoms with Crippen LogP contribution in [0.15, 0.2) is 35.2 Å². The molecule has 3 amide bonds. The molecule has 0 bridgehead atoms. The molecule has 1 atom stereocenters. The number of fused-ring (bicyclic) bond motifs is 1. The van der Waals surface area contributed by atoms with Crippen LogP contribution in [0.5, 0.6) is 0 Å². The van der Waals surface area contributed by atoms with Crippen LogP contribution in [-0.2, 0) is 16.0 Å². The summed E-state index contributed by atoms with van der Waals surface area (Å²) in [5.41, 5.74) is 6.34. The van der Waals surface area contributed by atoms with Gasteiger partial charge in [0.2, 0.25) is 5.91 Å². The van der Waals surface area contributed by atoms with E-state index in [2.05, 4.69) is 10.6 Å². The average Bonchev–Trinajstić information content (AvgIpc) is 2.99. The largest absolute Gasteiger partial charge is 0.366 e. The molecule has 0 saturated heterocycles. The number of hydrogen-bond acceptors (Lipinski definition) is 5. The van der Waals surface area contributed by atoms with Gasteiger partial charge in [-0.2, -0.15) is 0 Å². The van der Waals surface area contributed by atoms with Gasteiger partial charge >= 0.3 is 0 Å². The van der Waals surface area contributed by atoms with E-state index in [9.17, 15) is 14.4 Å². The summed E-state index contributed by atoms with van der Waals surface area (Å²) in [5, 5.41) is 5.85. The Hall–Kier alpha value is -2.32. The Bertz CT molecular complexity index is 878. The minimum absolute atomic E-state index is 0.264. The van der Waals surface area contributed by atoms with E-state index in [-0.39, 0.29) is 5.56 Å². The number of thiophene rings is 1. The van der Waals surface area contributed by atoms with Crippen molar-refractivity contribution in [3.05, 3.63) is 40.8 Å². The summed E-state index contributed by atoms with van der Waals surface area (Å²) >= 11 is 2.48. The summed E-state index contributed by atoms with van der Waals surface area (Å²) < 4.78 is -1.35. The van der Waals surface area contributed by atoms with Crippen LogP contribution < -0.4 is 16.4 Å². The second-order valence-electron chi connectivity index (χ2n) is 5.71. The van der Waals surface area contributed by atoms with Crippen molar-refractivity contribution in [2.45, 2.75) is 29.9 Å².